The lowest BCUT2D eigenvalue weighted by molar-refractivity contribution is -0.132. The summed E-state index contributed by atoms with van der Waals surface area (Å²) in [4.78, 5) is 41.6. The minimum absolute atomic E-state index is 0.0445. The van der Waals surface area contributed by atoms with Crippen LogP contribution in [0.4, 0.5) is 0 Å². The second-order valence-corrected chi connectivity index (χ2v) is 8.98. The molecule has 0 radical (unpaired) electrons. The fourth-order valence-electron chi connectivity index (χ4n) is 3.59. The lowest BCUT2D eigenvalue weighted by Gasteiger charge is -2.31. The number of nitrogens with zero attached hydrogens (tertiary/aromatic N) is 3. The highest BCUT2D eigenvalue weighted by Crippen LogP contribution is 2.35. The number of hydrogen-bond acceptors (Lipinski definition) is 6. The SMILES string of the molecule is CCOC(=O)c1c(-n2c(C)cc(C=C3C(=O)N(C)C(=S)N(C)C3=O)c2C)sc(C)c1C. The number of thiophene rings is 1. The van der Waals surface area contributed by atoms with Crippen molar-refractivity contribution in [1.29, 1.82) is 0 Å². The number of likely N-dealkylation sites (N-methyl/N-ethyl adjacent to an activating group) is 2. The molecule has 1 aliphatic rings. The number of thiocarbonyl (C=S) groups is 1. The van der Waals surface area contributed by atoms with Crippen LogP contribution < -0.4 is 0 Å². The summed E-state index contributed by atoms with van der Waals surface area (Å²) in [5.41, 5.74) is 3.89. The van der Waals surface area contributed by atoms with Gasteiger partial charge in [-0.25, -0.2) is 4.79 Å². The third-order valence-electron chi connectivity index (χ3n) is 5.46. The van der Waals surface area contributed by atoms with Crippen LogP contribution in [0.2, 0.25) is 0 Å². The molecule has 164 valence electrons. The first kappa shape index (κ1) is 22.9. The summed E-state index contributed by atoms with van der Waals surface area (Å²) >= 11 is 6.66. The predicted octanol–water partition coefficient (Wildman–Crippen LogP) is 3.55. The number of aryl methyl sites for hydroxylation is 2. The standard InChI is InChI=1S/C22H25N3O4S2/c1-8-29-21(28)17-12(3)14(5)31-20(17)25-11(2)9-15(13(25)4)10-16-18(26)23(6)22(30)24(7)19(16)27/h9-10H,8H2,1-7H3. The second kappa shape index (κ2) is 8.39. The molecule has 7 nitrogen and oxygen atoms in total. The molecular weight excluding hydrogens is 434 g/mol. The number of amides is 2. The van der Waals surface area contributed by atoms with Gasteiger partial charge in [0.25, 0.3) is 11.8 Å². The van der Waals surface area contributed by atoms with Crippen molar-refractivity contribution in [3.63, 3.8) is 0 Å². The third kappa shape index (κ3) is 3.72. The van der Waals surface area contributed by atoms with Gasteiger partial charge in [0.2, 0.25) is 0 Å². The van der Waals surface area contributed by atoms with Crippen LogP contribution in [-0.2, 0) is 14.3 Å². The Morgan fingerprint density at radius 3 is 2.26 bits per heavy atom. The summed E-state index contributed by atoms with van der Waals surface area (Å²) in [6, 6.07) is 1.90. The van der Waals surface area contributed by atoms with Crippen LogP contribution in [0.5, 0.6) is 0 Å². The van der Waals surface area contributed by atoms with Crippen LogP contribution >= 0.6 is 23.6 Å². The molecule has 1 aliphatic heterocycles. The zero-order valence-corrected chi connectivity index (χ0v) is 20.3. The first-order valence-corrected chi connectivity index (χ1v) is 11.0. The van der Waals surface area contributed by atoms with E-state index in [1.165, 1.54) is 21.1 Å². The van der Waals surface area contributed by atoms with Gasteiger partial charge in [0, 0.05) is 30.4 Å². The molecule has 0 unspecified atom stereocenters. The maximum absolute atomic E-state index is 12.7. The molecule has 0 N–H and O–H groups in total. The van der Waals surface area contributed by atoms with Crippen molar-refractivity contribution in [2.75, 3.05) is 20.7 Å². The number of hydrogen-bond donors (Lipinski definition) is 0. The first-order chi connectivity index (χ1) is 14.5. The van der Waals surface area contributed by atoms with Gasteiger partial charge in [-0.1, -0.05) is 0 Å². The number of ether oxygens (including phenoxy) is 1. The van der Waals surface area contributed by atoms with Gasteiger partial charge in [0.15, 0.2) is 5.11 Å². The molecule has 31 heavy (non-hydrogen) atoms. The lowest BCUT2D eigenvalue weighted by Crippen LogP contribution is -2.52. The minimum atomic E-state index is -0.437. The number of rotatable bonds is 4. The maximum atomic E-state index is 12.7. The number of esters is 1. The van der Waals surface area contributed by atoms with Gasteiger partial charge >= 0.3 is 5.97 Å². The summed E-state index contributed by atoms with van der Waals surface area (Å²) < 4.78 is 7.26. The van der Waals surface area contributed by atoms with Crippen LogP contribution in [0.15, 0.2) is 11.6 Å². The summed E-state index contributed by atoms with van der Waals surface area (Å²) in [5, 5.41) is 0.936. The van der Waals surface area contributed by atoms with E-state index < -0.39 is 11.8 Å². The number of carbonyl (C=O) groups excluding carboxylic acids is 3. The maximum Gasteiger partial charge on any atom is 0.341 e. The van der Waals surface area contributed by atoms with E-state index in [1.54, 1.807) is 27.1 Å². The smallest absolute Gasteiger partial charge is 0.341 e. The van der Waals surface area contributed by atoms with Gasteiger partial charge < -0.3 is 9.30 Å². The van der Waals surface area contributed by atoms with Crippen LogP contribution in [-0.4, -0.2) is 58.0 Å². The molecule has 2 amide bonds. The van der Waals surface area contributed by atoms with Gasteiger partial charge in [-0.05, 0) is 70.1 Å². The van der Waals surface area contributed by atoms with Gasteiger partial charge in [-0.2, -0.15) is 0 Å². The van der Waals surface area contributed by atoms with E-state index in [2.05, 4.69) is 0 Å². The average Bonchev–Trinajstić information content (AvgIpc) is 3.16. The van der Waals surface area contributed by atoms with Crippen LogP contribution in [0, 0.1) is 27.7 Å². The van der Waals surface area contributed by atoms with E-state index in [1.807, 2.05) is 38.3 Å². The Morgan fingerprint density at radius 2 is 1.71 bits per heavy atom. The Hall–Kier alpha value is -2.78. The molecule has 3 rings (SSSR count). The monoisotopic (exact) mass is 459 g/mol. The lowest BCUT2D eigenvalue weighted by atomic mass is 10.1. The molecule has 2 aromatic rings. The Bertz CT molecular complexity index is 1130. The van der Waals surface area contributed by atoms with Crippen LogP contribution in [0.1, 0.15) is 44.7 Å². The summed E-state index contributed by atoms with van der Waals surface area (Å²) in [6.07, 6.45) is 1.59. The average molecular weight is 460 g/mol. The Labute approximate surface area is 190 Å². The molecule has 0 spiro atoms. The molecule has 1 fully saturated rings. The van der Waals surface area contributed by atoms with E-state index in [-0.39, 0.29) is 16.7 Å². The highest BCUT2D eigenvalue weighted by molar-refractivity contribution is 7.80. The largest absolute Gasteiger partial charge is 0.462 e. The van der Waals surface area contributed by atoms with E-state index in [4.69, 9.17) is 17.0 Å². The molecule has 9 heteroatoms. The normalized spacial score (nSPS) is 14.5. The summed E-state index contributed by atoms with van der Waals surface area (Å²) in [7, 11) is 3.10. The van der Waals surface area contributed by atoms with E-state index in [0.717, 1.165) is 32.4 Å². The Balaban J connectivity index is 2.16. The molecule has 0 aromatic carbocycles. The van der Waals surface area contributed by atoms with Crippen molar-refractivity contribution in [3.8, 4) is 5.00 Å². The molecule has 0 bridgehead atoms. The van der Waals surface area contributed by atoms with Crippen molar-refractivity contribution in [1.82, 2.24) is 14.4 Å². The number of carbonyl (C=O) groups is 3. The fraction of sp³-hybridized carbons (Fsp3) is 0.364. The molecule has 0 saturated carbocycles. The van der Waals surface area contributed by atoms with Crippen molar-refractivity contribution < 1.29 is 19.1 Å². The zero-order valence-electron chi connectivity index (χ0n) is 18.7. The molecule has 3 heterocycles. The van der Waals surface area contributed by atoms with Gasteiger partial charge in [-0.15, -0.1) is 11.3 Å². The molecular formula is C22H25N3O4S2. The van der Waals surface area contributed by atoms with Gasteiger partial charge in [0.05, 0.1) is 12.2 Å². The van der Waals surface area contributed by atoms with Crippen LogP contribution in [0.25, 0.3) is 11.1 Å². The Kier molecular flexibility index (Phi) is 6.20. The fourth-order valence-corrected chi connectivity index (χ4v) is 5.01. The highest BCUT2D eigenvalue weighted by atomic mass is 32.1. The third-order valence-corrected chi connectivity index (χ3v) is 7.20. The minimum Gasteiger partial charge on any atom is -0.462 e. The van der Waals surface area contributed by atoms with E-state index >= 15 is 0 Å². The summed E-state index contributed by atoms with van der Waals surface area (Å²) in [6.45, 7) is 9.77. The molecule has 0 atom stereocenters. The van der Waals surface area contributed by atoms with Crippen molar-refractivity contribution >= 4 is 52.5 Å². The first-order valence-electron chi connectivity index (χ1n) is 9.79. The number of aromatic nitrogens is 1. The zero-order chi connectivity index (χ0) is 23.2. The van der Waals surface area contributed by atoms with Gasteiger partial charge in [0.1, 0.15) is 10.6 Å². The highest BCUT2D eigenvalue weighted by Gasteiger charge is 2.35. The quantitative estimate of drug-likeness (QED) is 0.303. The molecule has 2 aromatic heterocycles. The second-order valence-electron chi connectivity index (χ2n) is 7.41. The van der Waals surface area contributed by atoms with Crippen molar-refractivity contribution in [3.05, 3.63) is 44.6 Å². The van der Waals surface area contributed by atoms with Gasteiger partial charge in [-0.3, -0.25) is 19.4 Å². The summed E-state index contributed by atoms with van der Waals surface area (Å²) in [5.74, 6) is -1.23. The van der Waals surface area contributed by atoms with E-state index in [9.17, 15) is 14.4 Å². The van der Waals surface area contributed by atoms with Crippen LogP contribution in [0.3, 0.4) is 0 Å². The molecule has 0 aliphatic carbocycles. The van der Waals surface area contributed by atoms with E-state index in [0.29, 0.717) is 12.2 Å². The Morgan fingerprint density at radius 1 is 1.13 bits per heavy atom. The van der Waals surface area contributed by atoms with Crippen molar-refractivity contribution in [2.24, 2.45) is 0 Å². The predicted molar refractivity (Wildman–Crippen MR) is 125 cm³/mol. The topological polar surface area (TPSA) is 71.8 Å². The van der Waals surface area contributed by atoms with Crippen molar-refractivity contribution in [2.45, 2.75) is 34.6 Å². The molecule has 1 saturated heterocycles.